The number of nitrogens with zero attached hydrogens (tertiary/aromatic N) is 1. The summed E-state index contributed by atoms with van der Waals surface area (Å²) >= 11 is 7.46. The van der Waals surface area contributed by atoms with Gasteiger partial charge in [-0.15, -0.1) is 12.6 Å². The van der Waals surface area contributed by atoms with Crippen molar-refractivity contribution in [3.63, 3.8) is 0 Å². The minimum atomic E-state index is -0.945. The van der Waals surface area contributed by atoms with Crippen LogP contribution in [0.4, 0.5) is 0 Å². The number of alkyl halides is 1. The first-order valence-electron chi connectivity index (χ1n) is 4.11. The fraction of sp³-hybridized carbons (Fsp3) is 0.200. The van der Waals surface area contributed by atoms with Gasteiger partial charge in [0.25, 0.3) is 0 Å². The number of carboxylic acids is 1. The normalized spacial score (nSPS) is 9.67. The molecule has 5 heteroatoms. The van der Waals surface area contributed by atoms with Crippen molar-refractivity contribution in [3.05, 3.63) is 28.8 Å². The van der Waals surface area contributed by atoms with Crippen LogP contribution in [-0.4, -0.2) is 11.1 Å². The van der Waals surface area contributed by atoms with Gasteiger partial charge in [0.15, 0.2) is 0 Å². The van der Waals surface area contributed by atoms with E-state index < -0.39 is 5.97 Å². The second-order valence-electron chi connectivity index (χ2n) is 2.91. The van der Waals surface area contributed by atoms with Crippen LogP contribution in [0.25, 0.3) is 0 Å². The average Bonchev–Trinajstić information content (AvgIpc) is 2.19. The zero-order valence-corrected chi connectivity index (χ0v) is 10.2. The lowest BCUT2D eigenvalue weighted by Gasteiger charge is -2.08. The molecule has 3 nitrogen and oxygen atoms in total. The maximum Gasteiger partial charge on any atom is 0.307 e. The molecule has 1 rings (SSSR count). The molecule has 0 amide bonds. The van der Waals surface area contributed by atoms with Gasteiger partial charge in [-0.3, -0.25) is 4.79 Å². The third kappa shape index (κ3) is 2.74. The second-order valence-corrected chi connectivity index (χ2v) is 3.96. The third-order valence-corrected chi connectivity index (χ3v) is 2.94. The van der Waals surface area contributed by atoms with Gasteiger partial charge in [0.2, 0.25) is 0 Å². The zero-order chi connectivity index (χ0) is 11.4. The van der Waals surface area contributed by atoms with Crippen molar-refractivity contribution in [2.75, 3.05) is 0 Å². The van der Waals surface area contributed by atoms with Crippen molar-refractivity contribution in [1.29, 1.82) is 5.26 Å². The highest BCUT2D eigenvalue weighted by Crippen LogP contribution is 2.24. The molecular weight excluding hydrogens is 278 g/mol. The largest absolute Gasteiger partial charge is 0.481 e. The zero-order valence-electron chi connectivity index (χ0n) is 7.70. The van der Waals surface area contributed by atoms with Gasteiger partial charge in [0.1, 0.15) is 0 Å². The number of aliphatic carboxylic acids is 1. The van der Waals surface area contributed by atoms with E-state index in [1.807, 2.05) is 6.07 Å². The second kappa shape index (κ2) is 5.19. The van der Waals surface area contributed by atoms with Gasteiger partial charge in [-0.2, -0.15) is 5.26 Å². The van der Waals surface area contributed by atoms with E-state index in [2.05, 4.69) is 28.6 Å². The van der Waals surface area contributed by atoms with Crippen LogP contribution < -0.4 is 0 Å². The first-order chi connectivity index (χ1) is 7.10. The minimum Gasteiger partial charge on any atom is -0.481 e. The van der Waals surface area contributed by atoms with Crippen LogP contribution in [0.5, 0.6) is 0 Å². The lowest BCUT2D eigenvalue weighted by molar-refractivity contribution is -0.136. The molecule has 0 aliphatic rings. The molecule has 0 saturated carbocycles. The van der Waals surface area contributed by atoms with E-state index in [1.165, 1.54) is 0 Å². The Bertz CT molecular complexity index is 440. The quantitative estimate of drug-likeness (QED) is 0.662. The molecule has 0 spiro atoms. The highest BCUT2D eigenvalue weighted by atomic mass is 79.9. The summed E-state index contributed by atoms with van der Waals surface area (Å²) in [4.78, 5) is 11.3. The summed E-state index contributed by atoms with van der Waals surface area (Å²) in [5, 5.41) is 18.1. The van der Waals surface area contributed by atoms with Crippen molar-refractivity contribution >= 4 is 34.5 Å². The molecule has 0 unspecified atom stereocenters. The molecule has 0 bridgehead atoms. The summed E-state index contributed by atoms with van der Waals surface area (Å²) in [6.07, 6.45) is -0.142. The minimum absolute atomic E-state index is 0.142. The number of thiol groups is 1. The van der Waals surface area contributed by atoms with Gasteiger partial charge >= 0.3 is 5.97 Å². The van der Waals surface area contributed by atoms with E-state index in [9.17, 15) is 4.79 Å². The Morgan fingerprint density at radius 2 is 2.27 bits per heavy atom. The summed E-state index contributed by atoms with van der Waals surface area (Å²) < 4.78 is 0. The smallest absolute Gasteiger partial charge is 0.307 e. The van der Waals surface area contributed by atoms with Gasteiger partial charge in [-0.05, 0) is 17.2 Å². The Labute approximate surface area is 101 Å². The fourth-order valence-electron chi connectivity index (χ4n) is 1.27. The Morgan fingerprint density at radius 1 is 1.60 bits per heavy atom. The fourth-order valence-corrected chi connectivity index (χ4v) is 2.33. The molecule has 15 heavy (non-hydrogen) atoms. The molecule has 1 aromatic rings. The van der Waals surface area contributed by atoms with Crippen LogP contribution in [0.2, 0.25) is 0 Å². The average molecular weight is 286 g/mol. The number of carboxylic acid groups (broad SMARTS) is 1. The van der Waals surface area contributed by atoms with Crippen molar-refractivity contribution in [2.45, 2.75) is 16.6 Å². The number of nitriles is 1. The number of rotatable bonds is 3. The summed E-state index contributed by atoms with van der Waals surface area (Å²) in [6, 6.07) is 5.35. The molecule has 0 aliphatic carbocycles. The van der Waals surface area contributed by atoms with Crippen molar-refractivity contribution in [1.82, 2.24) is 0 Å². The molecule has 78 valence electrons. The topological polar surface area (TPSA) is 61.1 Å². The molecular formula is C10H8BrNO2S. The monoisotopic (exact) mass is 285 g/mol. The summed E-state index contributed by atoms with van der Waals surface area (Å²) in [5.41, 5.74) is 1.67. The summed E-state index contributed by atoms with van der Waals surface area (Å²) in [5.74, 6) is -0.945. The molecule has 0 atom stereocenters. The van der Waals surface area contributed by atoms with Crippen molar-refractivity contribution in [2.24, 2.45) is 0 Å². The Kier molecular flexibility index (Phi) is 4.18. The van der Waals surface area contributed by atoms with Crippen LogP contribution >= 0.6 is 28.6 Å². The molecule has 0 radical (unpaired) electrons. The highest BCUT2D eigenvalue weighted by molar-refractivity contribution is 9.08. The maximum absolute atomic E-state index is 10.6. The summed E-state index contributed by atoms with van der Waals surface area (Å²) in [6.45, 7) is 0. The molecule has 0 fully saturated rings. The number of carbonyl (C=O) groups is 1. The Hall–Kier alpha value is -0.990. The van der Waals surface area contributed by atoms with Crippen LogP contribution in [0.1, 0.15) is 16.7 Å². The third-order valence-electron chi connectivity index (χ3n) is 1.96. The maximum atomic E-state index is 10.6. The van der Waals surface area contributed by atoms with E-state index in [0.29, 0.717) is 21.4 Å². The van der Waals surface area contributed by atoms with Crippen molar-refractivity contribution < 1.29 is 9.90 Å². The van der Waals surface area contributed by atoms with Crippen LogP contribution in [0.15, 0.2) is 17.0 Å². The lowest BCUT2D eigenvalue weighted by Crippen LogP contribution is -2.04. The van der Waals surface area contributed by atoms with Gasteiger partial charge in [0, 0.05) is 10.2 Å². The first kappa shape index (κ1) is 12.1. The van der Waals surface area contributed by atoms with Gasteiger partial charge < -0.3 is 5.11 Å². The molecule has 0 heterocycles. The van der Waals surface area contributed by atoms with E-state index >= 15 is 0 Å². The number of hydrogen-bond donors (Lipinski definition) is 2. The summed E-state index contributed by atoms with van der Waals surface area (Å²) in [7, 11) is 0. The van der Waals surface area contributed by atoms with Crippen LogP contribution in [0, 0.1) is 11.3 Å². The predicted molar refractivity (Wildman–Crippen MR) is 62.4 cm³/mol. The predicted octanol–water partition coefficient (Wildman–Crippen LogP) is 2.37. The van der Waals surface area contributed by atoms with Crippen molar-refractivity contribution in [3.8, 4) is 6.07 Å². The molecule has 0 aromatic heterocycles. The first-order valence-corrected chi connectivity index (χ1v) is 5.68. The van der Waals surface area contributed by atoms with Gasteiger partial charge in [0.05, 0.1) is 18.1 Å². The number of benzene rings is 1. The van der Waals surface area contributed by atoms with Crippen LogP contribution in [-0.2, 0) is 16.5 Å². The van der Waals surface area contributed by atoms with E-state index in [4.69, 9.17) is 10.4 Å². The molecule has 0 saturated heterocycles. The molecule has 1 aromatic carbocycles. The Morgan fingerprint density at radius 3 is 2.73 bits per heavy atom. The van der Waals surface area contributed by atoms with E-state index in [1.54, 1.807) is 12.1 Å². The standard InChI is InChI=1S/C10H8BrNO2S/c11-4-7-8(5-12)6(3-10(13)14)1-2-9(7)15/h1-2,15H,3-4H2,(H,13,14). The van der Waals surface area contributed by atoms with E-state index in [0.717, 1.165) is 5.56 Å². The van der Waals surface area contributed by atoms with E-state index in [-0.39, 0.29) is 6.42 Å². The SMILES string of the molecule is N#Cc1c(CC(=O)O)ccc(S)c1CBr. The van der Waals surface area contributed by atoms with Crippen LogP contribution in [0.3, 0.4) is 0 Å². The lowest BCUT2D eigenvalue weighted by atomic mass is 10.0. The number of halogens is 1. The highest BCUT2D eigenvalue weighted by Gasteiger charge is 2.12. The van der Waals surface area contributed by atoms with Gasteiger partial charge in [-0.1, -0.05) is 22.0 Å². The molecule has 1 N–H and O–H groups in total. The molecule has 0 aliphatic heterocycles. The van der Waals surface area contributed by atoms with Gasteiger partial charge in [-0.25, -0.2) is 0 Å². The Balaban J connectivity index is 3.30. The number of hydrogen-bond acceptors (Lipinski definition) is 3.